The van der Waals surface area contributed by atoms with E-state index in [1.165, 1.54) is 5.56 Å². The first-order chi connectivity index (χ1) is 15.6. The number of benzene rings is 2. The molecule has 1 atom stereocenters. The molecule has 0 saturated carbocycles. The Balaban J connectivity index is 1.16. The number of rotatable bonds is 5. The fraction of sp³-hybridized carbons (Fsp3) is 0.375. The average Bonchev–Trinajstić information content (AvgIpc) is 3.49. The second kappa shape index (κ2) is 8.53. The lowest BCUT2D eigenvalue weighted by atomic mass is 9.96. The number of hydrogen-bond donors (Lipinski definition) is 0. The van der Waals surface area contributed by atoms with Crippen LogP contribution in [0.5, 0.6) is 17.2 Å². The molecule has 1 aromatic heterocycles. The number of amides is 1. The highest BCUT2D eigenvalue weighted by molar-refractivity contribution is 5.81. The summed E-state index contributed by atoms with van der Waals surface area (Å²) in [4.78, 5) is 19.3. The van der Waals surface area contributed by atoms with Crippen LogP contribution >= 0.6 is 0 Å². The van der Waals surface area contributed by atoms with E-state index < -0.39 is 6.10 Å². The third-order valence-electron chi connectivity index (χ3n) is 5.91. The summed E-state index contributed by atoms with van der Waals surface area (Å²) in [5, 5.41) is 4.14. The molecule has 8 heteroatoms. The SMILES string of the molecule is Cc1ccc(-c2noc(C3CCN(C(=O)C(C)Oc4ccc5c(c4)OCO5)CC3)n2)cc1. The van der Waals surface area contributed by atoms with Gasteiger partial charge in [-0.1, -0.05) is 35.0 Å². The van der Waals surface area contributed by atoms with Crippen molar-refractivity contribution in [2.75, 3.05) is 19.9 Å². The molecule has 0 N–H and O–H groups in total. The highest BCUT2D eigenvalue weighted by Gasteiger charge is 2.30. The molecule has 1 saturated heterocycles. The standard InChI is InChI=1S/C24H25N3O5/c1-15-3-5-17(6-4-15)22-25-23(32-26-22)18-9-11-27(12-10-18)24(28)16(2)31-19-7-8-20-21(13-19)30-14-29-20/h3-8,13,16,18H,9-12,14H2,1-2H3. The third-order valence-corrected chi connectivity index (χ3v) is 5.91. The molecule has 166 valence electrons. The minimum Gasteiger partial charge on any atom is -0.481 e. The molecule has 1 amide bonds. The molecule has 2 aliphatic rings. The molecule has 0 aliphatic carbocycles. The fourth-order valence-electron chi connectivity index (χ4n) is 4.03. The van der Waals surface area contributed by atoms with Crippen molar-refractivity contribution in [2.24, 2.45) is 0 Å². The van der Waals surface area contributed by atoms with Crippen molar-refractivity contribution in [3.63, 3.8) is 0 Å². The highest BCUT2D eigenvalue weighted by atomic mass is 16.7. The summed E-state index contributed by atoms with van der Waals surface area (Å²) in [5.41, 5.74) is 2.12. The van der Waals surface area contributed by atoms with Gasteiger partial charge in [0.1, 0.15) is 5.75 Å². The van der Waals surface area contributed by atoms with Crippen LogP contribution in [0.3, 0.4) is 0 Å². The molecule has 0 bridgehead atoms. The van der Waals surface area contributed by atoms with Crippen LogP contribution in [0.25, 0.3) is 11.4 Å². The molecule has 3 heterocycles. The Hall–Kier alpha value is -3.55. The molecule has 8 nitrogen and oxygen atoms in total. The lowest BCUT2D eigenvalue weighted by Crippen LogP contribution is -2.44. The van der Waals surface area contributed by atoms with Gasteiger partial charge < -0.3 is 23.6 Å². The Kier molecular flexibility index (Phi) is 5.43. The van der Waals surface area contributed by atoms with E-state index in [1.54, 1.807) is 25.1 Å². The number of nitrogens with zero attached hydrogens (tertiary/aromatic N) is 3. The van der Waals surface area contributed by atoms with Gasteiger partial charge in [-0.05, 0) is 38.8 Å². The van der Waals surface area contributed by atoms with Crippen LogP contribution in [0.1, 0.15) is 37.1 Å². The summed E-state index contributed by atoms with van der Waals surface area (Å²) in [5.74, 6) is 3.25. The molecular formula is C24H25N3O5. The predicted octanol–water partition coefficient (Wildman–Crippen LogP) is 3.95. The number of ether oxygens (including phenoxy) is 3. The maximum absolute atomic E-state index is 12.9. The van der Waals surface area contributed by atoms with Crippen LogP contribution in [0.4, 0.5) is 0 Å². The zero-order chi connectivity index (χ0) is 22.1. The number of likely N-dealkylation sites (tertiary alicyclic amines) is 1. The van der Waals surface area contributed by atoms with E-state index >= 15 is 0 Å². The third kappa shape index (κ3) is 4.12. The number of carbonyl (C=O) groups excluding carboxylic acids is 1. The molecule has 5 rings (SSSR count). The summed E-state index contributed by atoms with van der Waals surface area (Å²) in [6, 6.07) is 13.4. The molecule has 3 aromatic rings. The Labute approximate surface area is 186 Å². The van der Waals surface area contributed by atoms with Gasteiger partial charge in [0.05, 0.1) is 0 Å². The van der Waals surface area contributed by atoms with Gasteiger partial charge in [0.25, 0.3) is 5.91 Å². The van der Waals surface area contributed by atoms with Gasteiger partial charge in [0.2, 0.25) is 18.5 Å². The number of piperidine rings is 1. The average molecular weight is 435 g/mol. The molecule has 2 aliphatic heterocycles. The number of carbonyl (C=O) groups is 1. The van der Waals surface area contributed by atoms with E-state index in [4.69, 9.17) is 18.7 Å². The quantitative estimate of drug-likeness (QED) is 0.600. The van der Waals surface area contributed by atoms with E-state index in [0.717, 1.165) is 18.4 Å². The summed E-state index contributed by atoms with van der Waals surface area (Å²) < 4.78 is 22.1. The normalized spacial score (nSPS) is 16.8. The second-order valence-electron chi connectivity index (χ2n) is 8.20. The highest BCUT2D eigenvalue weighted by Crippen LogP contribution is 2.35. The van der Waals surface area contributed by atoms with Crippen molar-refractivity contribution < 1.29 is 23.5 Å². The molecule has 2 aromatic carbocycles. The van der Waals surface area contributed by atoms with Crippen LogP contribution in [-0.2, 0) is 4.79 Å². The molecule has 0 spiro atoms. The van der Waals surface area contributed by atoms with Gasteiger partial charge in [0, 0.05) is 30.6 Å². The number of fused-ring (bicyclic) bond motifs is 1. The summed E-state index contributed by atoms with van der Waals surface area (Å²) in [7, 11) is 0. The van der Waals surface area contributed by atoms with E-state index in [-0.39, 0.29) is 18.6 Å². The summed E-state index contributed by atoms with van der Waals surface area (Å²) >= 11 is 0. The lowest BCUT2D eigenvalue weighted by molar-refractivity contribution is -0.139. The van der Waals surface area contributed by atoms with Gasteiger partial charge in [-0.15, -0.1) is 0 Å². The minimum atomic E-state index is -0.594. The van der Waals surface area contributed by atoms with Crippen LogP contribution in [0.15, 0.2) is 47.0 Å². The molecule has 1 fully saturated rings. The fourth-order valence-corrected chi connectivity index (χ4v) is 4.03. The van der Waals surface area contributed by atoms with Crippen molar-refractivity contribution >= 4 is 5.91 Å². The van der Waals surface area contributed by atoms with Gasteiger partial charge >= 0.3 is 0 Å². The van der Waals surface area contributed by atoms with Crippen molar-refractivity contribution in [3.8, 4) is 28.6 Å². The maximum atomic E-state index is 12.9. The Morgan fingerprint density at radius 1 is 1.09 bits per heavy atom. The summed E-state index contributed by atoms with van der Waals surface area (Å²) in [6.07, 6.45) is 0.958. The maximum Gasteiger partial charge on any atom is 0.263 e. The molecule has 0 radical (unpaired) electrons. The smallest absolute Gasteiger partial charge is 0.263 e. The Morgan fingerprint density at radius 2 is 1.84 bits per heavy atom. The van der Waals surface area contributed by atoms with Gasteiger partial charge in [-0.2, -0.15) is 4.98 Å². The zero-order valence-corrected chi connectivity index (χ0v) is 18.1. The molecular weight excluding hydrogens is 410 g/mol. The number of hydrogen-bond acceptors (Lipinski definition) is 7. The zero-order valence-electron chi connectivity index (χ0n) is 18.1. The first-order valence-electron chi connectivity index (χ1n) is 10.8. The first-order valence-corrected chi connectivity index (χ1v) is 10.8. The van der Waals surface area contributed by atoms with Crippen LogP contribution in [-0.4, -0.2) is 46.9 Å². The van der Waals surface area contributed by atoms with Crippen molar-refractivity contribution in [1.29, 1.82) is 0 Å². The predicted molar refractivity (Wildman–Crippen MR) is 116 cm³/mol. The number of aromatic nitrogens is 2. The topological polar surface area (TPSA) is 86.9 Å². The van der Waals surface area contributed by atoms with Gasteiger partial charge in [-0.25, -0.2) is 0 Å². The largest absolute Gasteiger partial charge is 0.481 e. The lowest BCUT2D eigenvalue weighted by Gasteiger charge is -2.32. The Morgan fingerprint density at radius 3 is 2.62 bits per heavy atom. The van der Waals surface area contributed by atoms with E-state index in [9.17, 15) is 4.79 Å². The van der Waals surface area contributed by atoms with Crippen molar-refractivity contribution in [1.82, 2.24) is 15.0 Å². The Bertz CT molecular complexity index is 1100. The van der Waals surface area contributed by atoms with Gasteiger partial charge in [0.15, 0.2) is 17.6 Å². The molecule has 1 unspecified atom stereocenters. The van der Waals surface area contributed by atoms with E-state index in [2.05, 4.69) is 10.1 Å². The minimum absolute atomic E-state index is 0.0352. The number of aryl methyl sites for hydroxylation is 1. The van der Waals surface area contributed by atoms with Crippen molar-refractivity contribution in [2.45, 2.75) is 38.7 Å². The molecule has 32 heavy (non-hydrogen) atoms. The van der Waals surface area contributed by atoms with E-state index in [0.29, 0.717) is 42.1 Å². The van der Waals surface area contributed by atoms with Crippen LogP contribution in [0, 0.1) is 6.92 Å². The first kappa shape index (κ1) is 20.4. The monoisotopic (exact) mass is 435 g/mol. The van der Waals surface area contributed by atoms with Gasteiger partial charge in [-0.3, -0.25) is 4.79 Å². The van der Waals surface area contributed by atoms with Crippen LogP contribution in [0.2, 0.25) is 0 Å². The van der Waals surface area contributed by atoms with E-state index in [1.807, 2.05) is 36.1 Å². The van der Waals surface area contributed by atoms with Crippen molar-refractivity contribution in [3.05, 3.63) is 53.9 Å². The van der Waals surface area contributed by atoms with Crippen LogP contribution < -0.4 is 14.2 Å². The second-order valence-corrected chi connectivity index (χ2v) is 8.20. The summed E-state index contributed by atoms with van der Waals surface area (Å²) in [6.45, 7) is 5.27.